The maximum Gasteiger partial charge on any atom is 0.306 e. The number of esters is 1. The van der Waals surface area contributed by atoms with E-state index >= 15 is 0 Å². The van der Waals surface area contributed by atoms with E-state index in [9.17, 15) is 14.7 Å². The number of hydrogen-bond acceptors (Lipinski definition) is 6. The van der Waals surface area contributed by atoms with E-state index < -0.39 is 23.5 Å². The van der Waals surface area contributed by atoms with Crippen molar-refractivity contribution < 1.29 is 19.4 Å². The highest BCUT2D eigenvalue weighted by molar-refractivity contribution is 7.09. The van der Waals surface area contributed by atoms with Crippen LogP contribution < -0.4 is 0 Å². The van der Waals surface area contributed by atoms with Crippen molar-refractivity contribution in [3.05, 3.63) is 45.5 Å². The predicted molar refractivity (Wildman–Crippen MR) is 139 cm³/mol. The fraction of sp³-hybridized carbons (Fsp3) is 0.607. The first kappa shape index (κ1) is 28.2. The number of ketones is 1. The fourth-order valence-electron chi connectivity index (χ4n) is 4.23. The first-order valence-electron chi connectivity index (χ1n) is 12.2. The summed E-state index contributed by atoms with van der Waals surface area (Å²) in [5.74, 6) is -1.26. The molecule has 6 heteroatoms. The molecule has 5 atom stereocenters. The molecular formula is C28H41NO4S. The first-order chi connectivity index (χ1) is 15.8. The van der Waals surface area contributed by atoms with Crippen molar-refractivity contribution in [2.75, 3.05) is 0 Å². The molecule has 0 amide bonds. The maximum atomic E-state index is 13.3. The zero-order chi connectivity index (χ0) is 25.6. The van der Waals surface area contributed by atoms with Crippen LogP contribution in [0.2, 0.25) is 0 Å². The molecule has 1 aliphatic rings. The lowest BCUT2D eigenvalue weighted by Gasteiger charge is -2.35. The molecule has 0 saturated heterocycles. The summed E-state index contributed by atoms with van der Waals surface area (Å²) in [6.07, 6.45) is 8.39. The van der Waals surface area contributed by atoms with Gasteiger partial charge < -0.3 is 9.84 Å². The van der Waals surface area contributed by atoms with Crippen LogP contribution in [0.5, 0.6) is 0 Å². The molecule has 0 spiro atoms. The minimum Gasteiger partial charge on any atom is -0.457 e. The molecule has 1 unspecified atom stereocenters. The van der Waals surface area contributed by atoms with Gasteiger partial charge in [0.25, 0.3) is 0 Å². The summed E-state index contributed by atoms with van der Waals surface area (Å²) in [7, 11) is 0. The average molecular weight is 488 g/mol. The van der Waals surface area contributed by atoms with Gasteiger partial charge in [0.05, 0.1) is 16.8 Å². The molecule has 0 fully saturated rings. The largest absolute Gasteiger partial charge is 0.457 e. The molecule has 188 valence electrons. The van der Waals surface area contributed by atoms with Gasteiger partial charge in [-0.25, -0.2) is 4.98 Å². The van der Waals surface area contributed by atoms with Crippen LogP contribution in [0, 0.1) is 30.1 Å². The van der Waals surface area contributed by atoms with E-state index in [1.165, 1.54) is 0 Å². The fourth-order valence-corrected chi connectivity index (χ4v) is 4.80. The molecule has 1 N–H and O–H groups in total. The molecule has 2 rings (SSSR count). The van der Waals surface area contributed by atoms with Crippen molar-refractivity contribution >= 4 is 29.2 Å². The van der Waals surface area contributed by atoms with Crippen molar-refractivity contribution in [2.24, 2.45) is 23.2 Å². The summed E-state index contributed by atoms with van der Waals surface area (Å²) in [5.41, 5.74) is 2.19. The van der Waals surface area contributed by atoms with Crippen LogP contribution in [0.1, 0.15) is 78.4 Å². The van der Waals surface area contributed by atoms with E-state index in [-0.39, 0.29) is 30.0 Å². The number of allylic oxidation sites excluding steroid dienone is 2. The molecular weight excluding hydrogens is 446 g/mol. The van der Waals surface area contributed by atoms with Crippen molar-refractivity contribution in [2.45, 2.75) is 86.9 Å². The van der Waals surface area contributed by atoms with Gasteiger partial charge in [0, 0.05) is 35.5 Å². The number of aromatic nitrogens is 1. The molecule has 0 aliphatic carbocycles. The summed E-state index contributed by atoms with van der Waals surface area (Å²) in [6, 6.07) is 0. The Kier molecular flexibility index (Phi) is 10.0. The topological polar surface area (TPSA) is 76.5 Å². The lowest BCUT2D eigenvalue weighted by Crippen LogP contribution is -2.42. The SMILES string of the molecule is C/C1=C/CC(/C(C)=C/c2csc(C)n2)OC(=O)C[C@H](C)C(C)(C)C(=O)[C@H](C)[C@@H](O)[C@@H](C)/C=C/C1. The number of nitrogens with zero attached hydrogens (tertiary/aromatic N) is 1. The van der Waals surface area contributed by atoms with Gasteiger partial charge in [-0.3, -0.25) is 9.59 Å². The molecule has 5 nitrogen and oxygen atoms in total. The summed E-state index contributed by atoms with van der Waals surface area (Å²) in [4.78, 5) is 30.8. The first-order valence-corrected chi connectivity index (χ1v) is 13.0. The van der Waals surface area contributed by atoms with Crippen LogP contribution in [0.3, 0.4) is 0 Å². The van der Waals surface area contributed by atoms with E-state index in [1.54, 1.807) is 18.3 Å². The number of rotatable bonds is 2. The van der Waals surface area contributed by atoms with Gasteiger partial charge >= 0.3 is 5.97 Å². The van der Waals surface area contributed by atoms with Crippen LogP contribution in [-0.4, -0.2) is 34.1 Å². The van der Waals surface area contributed by atoms with E-state index in [4.69, 9.17) is 4.74 Å². The Morgan fingerprint density at radius 2 is 1.91 bits per heavy atom. The number of aryl methyl sites for hydroxylation is 1. The van der Waals surface area contributed by atoms with Gasteiger partial charge in [-0.2, -0.15) is 0 Å². The van der Waals surface area contributed by atoms with Gasteiger partial charge in [0.2, 0.25) is 0 Å². The Morgan fingerprint density at radius 1 is 1.24 bits per heavy atom. The number of cyclic esters (lactones) is 1. The third-order valence-corrected chi connectivity index (χ3v) is 7.95. The normalized spacial score (nSPS) is 32.6. The number of ether oxygens (including phenoxy) is 1. The van der Waals surface area contributed by atoms with Gasteiger partial charge in [-0.15, -0.1) is 11.3 Å². The molecule has 1 aromatic rings. The summed E-state index contributed by atoms with van der Waals surface area (Å²) in [5, 5.41) is 13.8. The van der Waals surface area contributed by atoms with Crippen molar-refractivity contribution in [3.63, 3.8) is 0 Å². The zero-order valence-electron chi connectivity index (χ0n) is 21.9. The van der Waals surface area contributed by atoms with Crippen molar-refractivity contribution in [1.29, 1.82) is 0 Å². The quantitative estimate of drug-likeness (QED) is 0.390. The lowest BCUT2D eigenvalue weighted by atomic mass is 9.69. The number of aliphatic hydroxyl groups is 1. The second-order valence-electron chi connectivity index (χ2n) is 10.4. The van der Waals surface area contributed by atoms with Crippen molar-refractivity contribution in [1.82, 2.24) is 4.98 Å². The Bertz CT molecular complexity index is 955. The highest BCUT2D eigenvalue weighted by Crippen LogP contribution is 2.35. The Morgan fingerprint density at radius 3 is 2.53 bits per heavy atom. The van der Waals surface area contributed by atoms with E-state index in [2.05, 4.69) is 11.1 Å². The third kappa shape index (κ3) is 7.47. The van der Waals surface area contributed by atoms with Crippen molar-refractivity contribution in [3.8, 4) is 0 Å². The monoisotopic (exact) mass is 487 g/mol. The van der Waals surface area contributed by atoms with Gasteiger partial charge in [-0.1, -0.05) is 58.4 Å². The van der Waals surface area contributed by atoms with E-state index in [1.807, 2.05) is 72.1 Å². The highest BCUT2D eigenvalue weighted by atomic mass is 32.1. The zero-order valence-corrected chi connectivity index (χ0v) is 22.7. The van der Waals surface area contributed by atoms with Gasteiger partial charge in [0.1, 0.15) is 11.9 Å². The van der Waals surface area contributed by atoms with Gasteiger partial charge in [0.15, 0.2) is 0 Å². The van der Waals surface area contributed by atoms with E-state index in [0.29, 0.717) is 6.42 Å². The minimum atomic E-state index is -0.772. The number of carbonyl (C=O) groups excluding carboxylic acids is 2. The summed E-state index contributed by atoms with van der Waals surface area (Å²) in [6.45, 7) is 15.3. The number of thiazole rings is 1. The van der Waals surface area contributed by atoms with E-state index in [0.717, 1.165) is 28.3 Å². The lowest BCUT2D eigenvalue weighted by molar-refractivity contribution is -0.150. The second kappa shape index (κ2) is 12.1. The molecule has 0 aromatic carbocycles. The number of hydrogen-bond donors (Lipinski definition) is 1. The minimum absolute atomic E-state index is 0.0322. The summed E-state index contributed by atoms with van der Waals surface area (Å²) >= 11 is 1.59. The predicted octanol–water partition coefficient (Wildman–Crippen LogP) is 6.32. The van der Waals surface area contributed by atoms with Crippen LogP contribution in [0.4, 0.5) is 0 Å². The Balaban J connectivity index is 2.37. The number of Topliss-reactive ketones (excluding diaryl/α,β-unsaturated/α-hetero) is 1. The summed E-state index contributed by atoms with van der Waals surface area (Å²) < 4.78 is 5.95. The molecule has 0 bridgehead atoms. The highest BCUT2D eigenvalue weighted by Gasteiger charge is 2.40. The van der Waals surface area contributed by atoms with Crippen LogP contribution in [0.15, 0.2) is 34.8 Å². The Labute approximate surface area is 209 Å². The maximum absolute atomic E-state index is 13.3. The number of carbonyl (C=O) groups is 2. The smallest absolute Gasteiger partial charge is 0.306 e. The van der Waals surface area contributed by atoms with Gasteiger partial charge in [-0.05, 0) is 44.8 Å². The van der Waals surface area contributed by atoms with Crippen LogP contribution in [-0.2, 0) is 14.3 Å². The molecule has 2 heterocycles. The molecule has 1 aliphatic heterocycles. The number of aliphatic hydroxyl groups excluding tert-OH is 1. The molecule has 34 heavy (non-hydrogen) atoms. The molecule has 1 aromatic heterocycles. The third-order valence-electron chi connectivity index (χ3n) is 7.16. The van der Waals surface area contributed by atoms with Crippen LogP contribution in [0.25, 0.3) is 6.08 Å². The van der Waals surface area contributed by atoms with Crippen LogP contribution >= 0.6 is 11.3 Å². The molecule has 0 radical (unpaired) electrons. The second-order valence-corrected chi connectivity index (χ2v) is 11.5. The molecule has 0 saturated carbocycles. The standard InChI is InChI=1S/C28H41NO4S/c1-17-10-9-11-18(2)26(31)21(5)27(32)28(7,8)20(4)15-25(30)33-24(13-12-17)19(3)14-23-16-34-22(6)29-23/h9,11-12,14,16,18,20-21,24,26,31H,10,13,15H2,1-8H3/b11-9+,17-12-,19-14+/t18-,20-,21+,24?,26-/m0/s1. The average Bonchev–Trinajstić information content (AvgIpc) is 3.18. The Hall–Kier alpha value is -2.05.